The van der Waals surface area contributed by atoms with E-state index in [1.54, 1.807) is 19.9 Å². The maximum atomic E-state index is 13.3. The summed E-state index contributed by atoms with van der Waals surface area (Å²) in [5, 5.41) is 2.45. The number of nitrogens with one attached hydrogen (secondary N) is 1. The number of hydrogen-bond donors (Lipinski definition) is 2. The molecule has 90 valence electrons. The van der Waals surface area contributed by atoms with Gasteiger partial charge in [-0.1, -0.05) is 13.0 Å². The molecule has 1 amide bonds. The lowest BCUT2D eigenvalue weighted by molar-refractivity contribution is -0.117. The van der Waals surface area contributed by atoms with Gasteiger partial charge in [-0.25, -0.2) is 4.39 Å². The molecule has 0 aromatic heterocycles. The predicted molar refractivity (Wildman–Crippen MR) is 65.3 cm³/mol. The molecule has 0 aliphatic rings. The van der Waals surface area contributed by atoms with Gasteiger partial charge >= 0.3 is 0 Å². The van der Waals surface area contributed by atoms with Crippen LogP contribution in [0.3, 0.4) is 0 Å². The maximum Gasteiger partial charge on any atom is 0.241 e. The molecule has 3 nitrogen and oxygen atoms in total. The van der Waals surface area contributed by atoms with Crippen LogP contribution in [0.1, 0.15) is 18.9 Å². The topological polar surface area (TPSA) is 55.1 Å². The average Bonchev–Trinajstić information content (AvgIpc) is 2.20. The number of carbonyl (C=O) groups excluding carboxylic acids is 1. The van der Waals surface area contributed by atoms with Crippen molar-refractivity contribution in [1.82, 2.24) is 0 Å². The average molecular weight is 247 g/mol. The molecular formula is C11H16ClFN2O. The van der Waals surface area contributed by atoms with Crippen LogP contribution in [0.5, 0.6) is 0 Å². The van der Waals surface area contributed by atoms with E-state index in [1.165, 1.54) is 12.1 Å². The van der Waals surface area contributed by atoms with Crippen LogP contribution in [-0.2, 0) is 4.79 Å². The van der Waals surface area contributed by atoms with Crippen LogP contribution in [0, 0.1) is 12.7 Å². The SMILES string of the molecule is CC[C@H](N)C(=O)Nc1ccc(C)cc1F.Cl. The fraction of sp³-hybridized carbons (Fsp3) is 0.364. The normalized spacial score (nSPS) is 11.5. The molecule has 0 spiro atoms. The van der Waals surface area contributed by atoms with E-state index in [4.69, 9.17) is 5.73 Å². The fourth-order valence-electron chi connectivity index (χ4n) is 1.13. The number of rotatable bonds is 3. The van der Waals surface area contributed by atoms with Gasteiger partial charge in [0, 0.05) is 0 Å². The summed E-state index contributed by atoms with van der Waals surface area (Å²) in [6, 6.07) is 4.04. The van der Waals surface area contributed by atoms with E-state index >= 15 is 0 Å². The van der Waals surface area contributed by atoms with E-state index in [1.807, 2.05) is 0 Å². The lowest BCUT2D eigenvalue weighted by atomic mass is 10.2. The smallest absolute Gasteiger partial charge is 0.241 e. The number of benzene rings is 1. The lowest BCUT2D eigenvalue weighted by Crippen LogP contribution is -2.35. The monoisotopic (exact) mass is 246 g/mol. The molecule has 0 bridgehead atoms. The van der Waals surface area contributed by atoms with Crippen LogP contribution in [0.15, 0.2) is 18.2 Å². The highest BCUT2D eigenvalue weighted by Gasteiger charge is 2.12. The highest BCUT2D eigenvalue weighted by molar-refractivity contribution is 5.94. The van der Waals surface area contributed by atoms with Crippen molar-refractivity contribution in [3.63, 3.8) is 0 Å². The van der Waals surface area contributed by atoms with Gasteiger partial charge in [0.25, 0.3) is 0 Å². The first-order valence-electron chi connectivity index (χ1n) is 4.87. The molecule has 3 N–H and O–H groups in total. The second-order valence-corrected chi connectivity index (χ2v) is 3.49. The molecule has 1 aromatic carbocycles. The van der Waals surface area contributed by atoms with Crippen molar-refractivity contribution in [3.05, 3.63) is 29.6 Å². The van der Waals surface area contributed by atoms with Gasteiger partial charge in [-0.2, -0.15) is 0 Å². The zero-order valence-corrected chi connectivity index (χ0v) is 10.1. The fourth-order valence-corrected chi connectivity index (χ4v) is 1.13. The van der Waals surface area contributed by atoms with Crippen molar-refractivity contribution < 1.29 is 9.18 Å². The first kappa shape index (κ1) is 14.9. The summed E-state index contributed by atoms with van der Waals surface area (Å²) < 4.78 is 13.3. The quantitative estimate of drug-likeness (QED) is 0.859. The lowest BCUT2D eigenvalue weighted by Gasteiger charge is -2.10. The van der Waals surface area contributed by atoms with Crippen molar-refractivity contribution in [3.8, 4) is 0 Å². The second kappa shape index (κ2) is 6.45. The van der Waals surface area contributed by atoms with Crippen molar-refractivity contribution in [2.24, 2.45) is 5.73 Å². The molecule has 1 aromatic rings. The number of amides is 1. The third kappa shape index (κ3) is 3.79. The molecule has 16 heavy (non-hydrogen) atoms. The molecule has 0 fully saturated rings. The summed E-state index contributed by atoms with van der Waals surface area (Å²) in [6.45, 7) is 3.59. The van der Waals surface area contributed by atoms with Gasteiger partial charge in [0.2, 0.25) is 5.91 Å². The molecule has 0 aliphatic carbocycles. The molecule has 1 rings (SSSR count). The van der Waals surface area contributed by atoms with Gasteiger partial charge < -0.3 is 11.1 Å². The number of aryl methyl sites for hydroxylation is 1. The first-order valence-corrected chi connectivity index (χ1v) is 4.87. The van der Waals surface area contributed by atoms with Gasteiger partial charge in [-0.15, -0.1) is 12.4 Å². The summed E-state index contributed by atoms with van der Waals surface area (Å²) in [7, 11) is 0. The highest BCUT2D eigenvalue weighted by Crippen LogP contribution is 2.15. The third-order valence-electron chi connectivity index (χ3n) is 2.16. The Morgan fingerprint density at radius 2 is 2.19 bits per heavy atom. The Kier molecular flexibility index (Phi) is 6.00. The number of carbonyl (C=O) groups is 1. The molecular weight excluding hydrogens is 231 g/mol. The van der Waals surface area contributed by atoms with Crippen LogP contribution in [0.2, 0.25) is 0 Å². The van der Waals surface area contributed by atoms with E-state index in [9.17, 15) is 9.18 Å². The van der Waals surface area contributed by atoms with Crippen LogP contribution in [0.25, 0.3) is 0 Å². The minimum absolute atomic E-state index is 0. The highest BCUT2D eigenvalue weighted by atomic mass is 35.5. The Bertz CT molecular complexity index is 371. The summed E-state index contributed by atoms with van der Waals surface area (Å²) in [5.41, 5.74) is 6.50. The zero-order valence-electron chi connectivity index (χ0n) is 9.29. The van der Waals surface area contributed by atoms with Crippen LogP contribution < -0.4 is 11.1 Å². The summed E-state index contributed by atoms with van der Waals surface area (Å²) in [6.07, 6.45) is 0.527. The summed E-state index contributed by atoms with van der Waals surface area (Å²) in [4.78, 5) is 11.4. The standard InChI is InChI=1S/C11H15FN2O.ClH/c1-3-9(13)11(15)14-10-5-4-7(2)6-8(10)12;/h4-6,9H,3,13H2,1-2H3,(H,14,15);1H/t9-;/m0./s1. The van der Waals surface area contributed by atoms with Crippen LogP contribution >= 0.6 is 12.4 Å². The van der Waals surface area contributed by atoms with Gasteiger partial charge in [0.05, 0.1) is 11.7 Å². The van der Waals surface area contributed by atoms with E-state index in [0.717, 1.165) is 5.56 Å². The number of anilines is 1. The Morgan fingerprint density at radius 1 is 1.56 bits per heavy atom. The number of halogens is 2. The largest absolute Gasteiger partial charge is 0.322 e. The maximum absolute atomic E-state index is 13.3. The van der Waals surface area contributed by atoms with E-state index in [2.05, 4.69) is 5.32 Å². The molecule has 0 saturated carbocycles. The van der Waals surface area contributed by atoms with Crippen molar-refractivity contribution in [2.75, 3.05) is 5.32 Å². The molecule has 0 saturated heterocycles. The third-order valence-corrected chi connectivity index (χ3v) is 2.16. The van der Waals surface area contributed by atoms with E-state index in [0.29, 0.717) is 6.42 Å². The summed E-state index contributed by atoms with van der Waals surface area (Å²) >= 11 is 0. The minimum atomic E-state index is -0.592. The van der Waals surface area contributed by atoms with Crippen LogP contribution in [0.4, 0.5) is 10.1 Å². The Hall–Kier alpha value is -1.13. The molecule has 1 atom stereocenters. The second-order valence-electron chi connectivity index (χ2n) is 3.49. The molecule has 0 unspecified atom stereocenters. The van der Waals surface area contributed by atoms with Crippen molar-refractivity contribution in [1.29, 1.82) is 0 Å². The molecule has 0 radical (unpaired) electrons. The Morgan fingerprint density at radius 3 is 2.69 bits per heavy atom. The molecule has 5 heteroatoms. The Balaban J connectivity index is 0.00000225. The van der Waals surface area contributed by atoms with Crippen molar-refractivity contribution >= 4 is 24.0 Å². The summed E-state index contributed by atoms with van der Waals surface area (Å²) in [5.74, 6) is -0.799. The molecule has 0 aliphatic heterocycles. The molecule has 0 heterocycles. The van der Waals surface area contributed by atoms with E-state index < -0.39 is 11.9 Å². The zero-order chi connectivity index (χ0) is 11.4. The first-order chi connectivity index (χ1) is 7.04. The minimum Gasteiger partial charge on any atom is -0.322 e. The van der Waals surface area contributed by atoms with Crippen LogP contribution in [-0.4, -0.2) is 11.9 Å². The van der Waals surface area contributed by atoms with Gasteiger partial charge in [-0.05, 0) is 31.0 Å². The predicted octanol–water partition coefficient (Wildman–Crippen LogP) is 2.23. The van der Waals surface area contributed by atoms with Gasteiger partial charge in [0.15, 0.2) is 0 Å². The van der Waals surface area contributed by atoms with E-state index in [-0.39, 0.29) is 24.0 Å². The Labute approximate surface area is 101 Å². The van der Waals surface area contributed by atoms with Gasteiger partial charge in [0.1, 0.15) is 5.82 Å². The number of nitrogens with two attached hydrogens (primary N) is 1. The number of hydrogen-bond acceptors (Lipinski definition) is 2. The van der Waals surface area contributed by atoms with Crippen molar-refractivity contribution in [2.45, 2.75) is 26.3 Å². The van der Waals surface area contributed by atoms with Gasteiger partial charge in [-0.3, -0.25) is 4.79 Å².